The Balaban J connectivity index is 1.73. The van der Waals surface area contributed by atoms with Crippen molar-refractivity contribution in [2.24, 2.45) is 0 Å². The average Bonchev–Trinajstić information content (AvgIpc) is 3.04. The van der Waals surface area contributed by atoms with Crippen LogP contribution in [0, 0.1) is 6.92 Å². The van der Waals surface area contributed by atoms with Gasteiger partial charge < -0.3 is 15.0 Å². The van der Waals surface area contributed by atoms with E-state index in [4.69, 9.17) is 15.0 Å². The fraction of sp³-hybridized carbons (Fsp3) is 0.143. The monoisotopic (exact) mass is 287 g/mol. The Morgan fingerprint density at radius 1 is 1.30 bits per heavy atom. The van der Waals surface area contributed by atoms with Crippen LogP contribution < -0.4 is 10.5 Å². The predicted molar refractivity (Wildman–Crippen MR) is 77.5 cm³/mol. The summed E-state index contributed by atoms with van der Waals surface area (Å²) in [6, 6.07) is 11.4. The average molecular weight is 287 g/mol. The molecule has 2 heterocycles. The van der Waals surface area contributed by atoms with Crippen LogP contribution in [0.5, 0.6) is 5.75 Å². The summed E-state index contributed by atoms with van der Waals surface area (Å²) in [7, 11) is 0. The molecule has 3 rings (SSSR count). The summed E-state index contributed by atoms with van der Waals surface area (Å²) in [5, 5.41) is 4.58. The number of hydrogen-bond acceptors (Lipinski definition) is 6. The molecule has 0 saturated heterocycles. The van der Waals surface area contributed by atoms with E-state index in [9.17, 15) is 0 Å². The van der Waals surface area contributed by atoms with Gasteiger partial charge in [-0.25, -0.2) is 0 Å². The van der Waals surface area contributed by atoms with E-state index in [1.807, 2.05) is 43.3 Å². The maximum absolute atomic E-state index is 5.91. The highest BCUT2D eigenvalue weighted by molar-refractivity contribution is 7.16. The summed E-state index contributed by atoms with van der Waals surface area (Å²) in [4.78, 5) is 5.40. The molecule has 0 radical (unpaired) electrons. The summed E-state index contributed by atoms with van der Waals surface area (Å²) in [6.07, 6.45) is 0. The minimum absolute atomic E-state index is 0.260. The lowest BCUT2D eigenvalue weighted by atomic mass is 10.3. The van der Waals surface area contributed by atoms with Crippen molar-refractivity contribution in [3.63, 3.8) is 0 Å². The molecule has 1 aromatic carbocycles. The lowest BCUT2D eigenvalue weighted by Crippen LogP contribution is -1.97. The van der Waals surface area contributed by atoms with Crippen LogP contribution in [0.15, 0.2) is 40.9 Å². The number of thiophene rings is 1. The van der Waals surface area contributed by atoms with Gasteiger partial charge in [-0.2, -0.15) is 4.98 Å². The molecular formula is C14H13N3O2S. The van der Waals surface area contributed by atoms with Crippen LogP contribution in [-0.2, 0) is 6.61 Å². The minimum atomic E-state index is 0.260. The van der Waals surface area contributed by atoms with Gasteiger partial charge in [0.1, 0.15) is 5.75 Å². The molecule has 2 aromatic heterocycles. The van der Waals surface area contributed by atoms with Crippen molar-refractivity contribution in [3.8, 4) is 17.2 Å². The van der Waals surface area contributed by atoms with Crippen molar-refractivity contribution in [3.05, 3.63) is 47.1 Å². The molecule has 0 aliphatic rings. The zero-order valence-corrected chi connectivity index (χ0v) is 11.7. The SMILES string of the molecule is Cc1cc(-c2nc(COc3ccccc3)no2)c(N)s1. The Kier molecular flexibility index (Phi) is 3.39. The van der Waals surface area contributed by atoms with E-state index in [-0.39, 0.29) is 6.61 Å². The highest BCUT2D eigenvalue weighted by Crippen LogP contribution is 2.32. The smallest absolute Gasteiger partial charge is 0.261 e. The van der Waals surface area contributed by atoms with Crippen LogP contribution in [0.1, 0.15) is 10.7 Å². The van der Waals surface area contributed by atoms with E-state index >= 15 is 0 Å². The Labute approximate surface area is 120 Å². The van der Waals surface area contributed by atoms with Gasteiger partial charge in [0, 0.05) is 4.88 Å². The highest BCUT2D eigenvalue weighted by atomic mass is 32.1. The molecule has 102 valence electrons. The van der Waals surface area contributed by atoms with E-state index < -0.39 is 0 Å². The molecule has 0 aliphatic carbocycles. The number of para-hydroxylation sites is 1. The standard InChI is InChI=1S/C14H13N3O2S/c1-9-7-11(13(15)20-9)14-16-12(17-19-14)8-18-10-5-3-2-4-6-10/h2-7H,8,15H2,1H3. The van der Waals surface area contributed by atoms with E-state index in [0.29, 0.717) is 16.7 Å². The Bertz CT molecular complexity index is 706. The zero-order valence-electron chi connectivity index (χ0n) is 10.9. The summed E-state index contributed by atoms with van der Waals surface area (Å²) in [6.45, 7) is 2.25. The number of aryl methyl sites for hydroxylation is 1. The molecule has 0 saturated carbocycles. The number of anilines is 1. The van der Waals surface area contributed by atoms with Crippen LogP contribution in [-0.4, -0.2) is 10.1 Å². The molecule has 2 N–H and O–H groups in total. The van der Waals surface area contributed by atoms with E-state index in [1.54, 1.807) is 0 Å². The summed E-state index contributed by atoms with van der Waals surface area (Å²) < 4.78 is 10.8. The topological polar surface area (TPSA) is 74.2 Å². The number of nitrogen functional groups attached to an aromatic ring is 1. The van der Waals surface area contributed by atoms with Crippen molar-refractivity contribution in [1.29, 1.82) is 0 Å². The lowest BCUT2D eigenvalue weighted by Gasteiger charge is -2.01. The molecule has 3 aromatic rings. The first-order chi connectivity index (χ1) is 9.72. The number of nitrogens with zero attached hydrogens (tertiary/aromatic N) is 2. The number of aromatic nitrogens is 2. The predicted octanol–water partition coefficient (Wildman–Crippen LogP) is 3.27. The van der Waals surface area contributed by atoms with Crippen molar-refractivity contribution >= 4 is 16.3 Å². The number of hydrogen-bond donors (Lipinski definition) is 1. The molecule has 0 aliphatic heterocycles. The summed E-state index contributed by atoms with van der Waals surface area (Å²) in [5.74, 6) is 1.69. The number of ether oxygens (including phenoxy) is 1. The van der Waals surface area contributed by atoms with Crippen molar-refractivity contribution in [1.82, 2.24) is 10.1 Å². The Hall–Kier alpha value is -2.34. The van der Waals surface area contributed by atoms with Crippen molar-refractivity contribution < 1.29 is 9.26 Å². The molecule has 0 unspecified atom stereocenters. The van der Waals surface area contributed by atoms with Crippen LogP contribution in [0.25, 0.3) is 11.5 Å². The first-order valence-electron chi connectivity index (χ1n) is 6.09. The second kappa shape index (κ2) is 5.34. The van der Waals surface area contributed by atoms with Gasteiger partial charge >= 0.3 is 0 Å². The summed E-state index contributed by atoms with van der Waals surface area (Å²) >= 11 is 1.50. The van der Waals surface area contributed by atoms with Gasteiger partial charge in [-0.1, -0.05) is 23.4 Å². The van der Waals surface area contributed by atoms with Gasteiger partial charge in [-0.05, 0) is 25.1 Å². The number of rotatable bonds is 4. The van der Waals surface area contributed by atoms with Gasteiger partial charge in [-0.15, -0.1) is 11.3 Å². The lowest BCUT2D eigenvalue weighted by molar-refractivity contribution is 0.287. The molecule has 5 nitrogen and oxygen atoms in total. The Morgan fingerprint density at radius 3 is 2.80 bits per heavy atom. The maximum Gasteiger partial charge on any atom is 0.261 e. The van der Waals surface area contributed by atoms with Crippen LogP contribution in [0.3, 0.4) is 0 Å². The first-order valence-corrected chi connectivity index (χ1v) is 6.91. The third kappa shape index (κ3) is 2.65. The fourth-order valence-electron chi connectivity index (χ4n) is 1.79. The minimum Gasteiger partial charge on any atom is -0.485 e. The van der Waals surface area contributed by atoms with Gasteiger partial charge in [0.05, 0.1) is 10.6 Å². The molecule has 0 bridgehead atoms. The van der Waals surface area contributed by atoms with Crippen molar-refractivity contribution in [2.75, 3.05) is 5.73 Å². The van der Waals surface area contributed by atoms with Crippen LogP contribution in [0.2, 0.25) is 0 Å². The maximum atomic E-state index is 5.91. The third-order valence-corrected chi connectivity index (χ3v) is 3.57. The molecule has 0 amide bonds. The zero-order chi connectivity index (χ0) is 13.9. The summed E-state index contributed by atoms with van der Waals surface area (Å²) in [5.41, 5.74) is 6.69. The quantitative estimate of drug-likeness (QED) is 0.797. The molecule has 0 spiro atoms. The van der Waals surface area contributed by atoms with Gasteiger partial charge in [0.25, 0.3) is 5.89 Å². The Morgan fingerprint density at radius 2 is 2.10 bits per heavy atom. The number of benzene rings is 1. The fourth-order valence-corrected chi connectivity index (χ4v) is 2.57. The normalized spacial score (nSPS) is 10.7. The van der Waals surface area contributed by atoms with E-state index in [2.05, 4.69) is 10.1 Å². The van der Waals surface area contributed by atoms with Crippen LogP contribution >= 0.6 is 11.3 Å². The second-order valence-electron chi connectivity index (χ2n) is 4.25. The third-order valence-electron chi connectivity index (χ3n) is 2.69. The molecule has 0 atom stereocenters. The van der Waals surface area contributed by atoms with Crippen LogP contribution in [0.4, 0.5) is 5.00 Å². The number of nitrogens with two attached hydrogens (primary N) is 1. The van der Waals surface area contributed by atoms with Gasteiger partial charge in [0.15, 0.2) is 6.61 Å². The highest BCUT2D eigenvalue weighted by Gasteiger charge is 2.14. The molecular weight excluding hydrogens is 274 g/mol. The molecule has 20 heavy (non-hydrogen) atoms. The van der Waals surface area contributed by atoms with Gasteiger partial charge in [0.2, 0.25) is 5.82 Å². The first kappa shape index (κ1) is 12.7. The van der Waals surface area contributed by atoms with Gasteiger partial charge in [-0.3, -0.25) is 0 Å². The van der Waals surface area contributed by atoms with E-state index in [1.165, 1.54) is 11.3 Å². The van der Waals surface area contributed by atoms with E-state index in [0.717, 1.165) is 16.2 Å². The largest absolute Gasteiger partial charge is 0.485 e. The molecule has 6 heteroatoms. The molecule has 0 fully saturated rings. The second-order valence-corrected chi connectivity index (χ2v) is 5.54. The van der Waals surface area contributed by atoms with Crippen molar-refractivity contribution in [2.45, 2.75) is 13.5 Å².